The molecule has 1 aliphatic rings. The lowest BCUT2D eigenvalue weighted by Crippen LogP contribution is -2.41. The van der Waals surface area contributed by atoms with E-state index in [1.54, 1.807) is 25.1 Å². The van der Waals surface area contributed by atoms with E-state index < -0.39 is 12.1 Å². The lowest BCUT2D eigenvalue weighted by atomic mass is 9.87. The molecule has 1 heterocycles. The van der Waals surface area contributed by atoms with Crippen LogP contribution in [0.25, 0.3) is 0 Å². The van der Waals surface area contributed by atoms with Gasteiger partial charge in [0.2, 0.25) is 5.91 Å². The van der Waals surface area contributed by atoms with Crippen molar-refractivity contribution in [2.75, 3.05) is 6.54 Å². The second-order valence-corrected chi connectivity index (χ2v) is 9.86. The van der Waals surface area contributed by atoms with E-state index in [-0.39, 0.29) is 35.9 Å². The predicted molar refractivity (Wildman–Crippen MR) is 138 cm³/mol. The molecule has 7 heteroatoms. The zero-order valence-electron chi connectivity index (χ0n) is 21.3. The number of carbonyl (C=O) groups excluding carboxylic acids is 2. The fraction of sp³-hybridized carbons (Fsp3) is 0.333. The Kier molecular flexibility index (Phi) is 8.21. The minimum atomic E-state index is -0.784. The van der Waals surface area contributed by atoms with E-state index in [9.17, 15) is 18.4 Å². The molecule has 1 aliphatic heterocycles. The number of amides is 2. The van der Waals surface area contributed by atoms with Crippen LogP contribution in [0.1, 0.15) is 55.5 Å². The SMILES string of the molecule is CC(C)CC(=O)N1CCc2ccc(OC(C)C(=O)NCc3ccc(F)cc3)cc2C1c1cccc(F)c1. The Bertz CT molecular complexity index is 1260. The van der Waals surface area contributed by atoms with Crippen LogP contribution in [-0.2, 0) is 22.6 Å². The van der Waals surface area contributed by atoms with Crippen molar-refractivity contribution in [1.82, 2.24) is 10.2 Å². The molecule has 2 atom stereocenters. The van der Waals surface area contributed by atoms with Gasteiger partial charge in [-0.25, -0.2) is 8.78 Å². The number of carbonyl (C=O) groups is 2. The maximum absolute atomic E-state index is 14.2. The molecule has 0 radical (unpaired) electrons. The van der Waals surface area contributed by atoms with Crippen molar-refractivity contribution in [2.45, 2.75) is 52.3 Å². The second-order valence-electron chi connectivity index (χ2n) is 9.86. The Morgan fingerprint density at radius 1 is 1.00 bits per heavy atom. The predicted octanol–water partition coefficient (Wildman–Crippen LogP) is 5.57. The molecule has 2 unspecified atom stereocenters. The first-order valence-corrected chi connectivity index (χ1v) is 12.6. The molecule has 1 N–H and O–H groups in total. The van der Waals surface area contributed by atoms with E-state index in [0.717, 1.165) is 16.7 Å². The second kappa shape index (κ2) is 11.5. The highest BCUT2D eigenvalue weighted by Crippen LogP contribution is 2.38. The molecule has 0 aliphatic carbocycles. The molecule has 4 rings (SSSR count). The average molecular weight is 507 g/mol. The number of fused-ring (bicyclic) bond motifs is 1. The van der Waals surface area contributed by atoms with Crippen molar-refractivity contribution in [3.8, 4) is 5.75 Å². The molecular weight excluding hydrogens is 474 g/mol. The van der Waals surface area contributed by atoms with Crippen molar-refractivity contribution >= 4 is 11.8 Å². The van der Waals surface area contributed by atoms with Gasteiger partial charge in [0, 0.05) is 19.5 Å². The Morgan fingerprint density at radius 3 is 2.46 bits per heavy atom. The topological polar surface area (TPSA) is 58.6 Å². The average Bonchev–Trinajstić information content (AvgIpc) is 2.87. The number of halogens is 2. The quantitative estimate of drug-likeness (QED) is 0.435. The molecule has 37 heavy (non-hydrogen) atoms. The van der Waals surface area contributed by atoms with Crippen molar-refractivity contribution in [3.63, 3.8) is 0 Å². The zero-order chi connectivity index (χ0) is 26.5. The van der Waals surface area contributed by atoms with Crippen LogP contribution >= 0.6 is 0 Å². The summed E-state index contributed by atoms with van der Waals surface area (Å²) in [5, 5.41) is 2.80. The monoisotopic (exact) mass is 506 g/mol. The van der Waals surface area contributed by atoms with E-state index in [1.807, 2.05) is 43.0 Å². The number of ether oxygens (including phenoxy) is 1. The van der Waals surface area contributed by atoms with Gasteiger partial charge >= 0.3 is 0 Å². The van der Waals surface area contributed by atoms with Gasteiger partial charge in [-0.1, -0.05) is 44.2 Å². The summed E-state index contributed by atoms with van der Waals surface area (Å²) in [6.07, 6.45) is 0.301. The first kappa shape index (κ1) is 26.3. The molecule has 3 aromatic rings. The summed E-state index contributed by atoms with van der Waals surface area (Å²) >= 11 is 0. The van der Waals surface area contributed by atoms with Gasteiger partial charge in [0.05, 0.1) is 6.04 Å². The maximum Gasteiger partial charge on any atom is 0.261 e. The number of benzene rings is 3. The van der Waals surface area contributed by atoms with Crippen LogP contribution < -0.4 is 10.1 Å². The molecule has 0 saturated carbocycles. The molecular formula is C30H32F2N2O3. The maximum atomic E-state index is 14.2. The minimum absolute atomic E-state index is 0.0229. The Hall–Kier alpha value is -3.74. The van der Waals surface area contributed by atoms with E-state index >= 15 is 0 Å². The Morgan fingerprint density at radius 2 is 1.76 bits per heavy atom. The zero-order valence-corrected chi connectivity index (χ0v) is 21.3. The van der Waals surface area contributed by atoms with Gasteiger partial charge in [-0.3, -0.25) is 9.59 Å². The number of nitrogens with one attached hydrogen (secondary N) is 1. The van der Waals surface area contributed by atoms with Gasteiger partial charge in [0.15, 0.2) is 6.10 Å². The lowest BCUT2D eigenvalue weighted by molar-refractivity contribution is -0.134. The summed E-state index contributed by atoms with van der Waals surface area (Å²) in [4.78, 5) is 27.6. The fourth-order valence-corrected chi connectivity index (χ4v) is 4.63. The Labute approximate surface area is 216 Å². The largest absolute Gasteiger partial charge is 0.481 e. The van der Waals surface area contributed by atoms with Crippen molar-refractivity contribution < 1.29 is 23.1 Å². The number of nitrogens with zero attached hydrogens (tertiary/aromatic N) is 1. The van der Waals surface area contributed by atoms with E-state index in [2.05, 4.69) is 5.32 Å². The minimum Gasteiger partial charge on any atom is -0.481 e. The summed E-state index contributed by atoms with van der Waals surface area (Å²) < 4.78 is 33.3. The number of hydrogen-bond acceptors (Lipinski definition) is 3. The molecule has 0 fully saturated rings. The summed E-state index contributed by atoms with van der Waals surface area (Å²) in [7, 11) is 0. The first-order chi connectivity index (χ1) is 17.7. The van der Waals surface area contributed by atoms with Crippen LogP contribution in [0, 0.1) is 17.6 Å². The third kappa shape index (κ3) is 6.53. The Balaban J connectivity index is 1.55. The van der Waals surface area contributed by atoms with Crippen molar-refractivity contribution in [2.24, 2.45) is 5.92 Å². The summed E-state index contributed by atoms with van der Waals surface area (Å²) in [6, 6.07) is 17.4. The summed E-state index contributed by atoms with van der Waals surface area (Å²) in [6.45, 7) is 6.46. The fourth-order valence-electron chi connectivity index (χ4n) is 4.63. The standard InChI is InChI=1S/C30H32F2N2O3/c1-19(2)15-28(35)34-14-13-22-9-12-26(17-27(22)29(34)23-5-4-6-25(32)16-23)37-20(3)30(36)33-18-21-7-10-24(31)11-8-21/h4-12,16-17,19-20,29H,13-15,18H2,1-3H3,(H,33,36). The molecule has 0 spiro atoms. The van der Waals surface area contributed by atoms with Gasteiger partial charge in [-0.05, 0) is 77.9 Å². The number of rotatable bonds is 8. The van der Waals surface area contributed by atoms with Gasteiger partial charge in [0.1, 0.15) is 17.4 Å². The van der Waals surface area contributed by atoms with Gasteiger partial charge < -0.3 is 15.0 Å². The molecule has 0 bridgehead atoms. The van der Waals surface area contributed by atoms with Crippen LogP contribution in [0.4, 0.5) is 8.78 Å². The van der Waals surface area contributed by atoms with Crippen LogP contribution in [0.3, 0.4) is 0 Å². The van der Waals surface area contributed by atoms with Crippen molar-refractivity contribution in [3.05, 3.63) is 101 Å². The van der Waals surface area contributed by atoms with Gasteiger partial charge in [-0.15, -0.1) is 0 Å². The highest BCUT2D eigenvalue weighted by atomic mass is 19.1. The van der Waals surface area contributed by atoms with E-state index in [4.69, 9.17) is 4.74 Å². The number of hydrogen-bond donors (Lipinski definition) is 1. The molecule has 5 nitrogen and oxygen atoms in total. The third-order valence-corrected chi connectivity index (χ3v) is 6.48. The normalized spacial score (nSPS) is 15.7. The molecule has 0 saturated heterocycles. The first-order valence-electron chi connectivity index (χ1n) is 12.6. The summed E-state index contributed by atoms with van der Waals surface area (Å²) in [5.41, 5.74) is 3.40. The summed E-state index contributed by atoms with van der Waals surface area (Å²) in [5.74, 6) is -0.291. The highest BCUT2D eigenvalue weighted by Gasteiger charge is 2.33. The lowest BCUT2D eigenvalue weighted by Gasteiger charge is -2.38. The smallest absolute Gasteiger partial charge is 0.261 e. The van der Waals surface area contributed by atoms with Crippen LogP contribution in [0.2, 0.25) is 0 Å². The van der Waals surface area contributed by atoms with E-state index in [0.29, 0.717) is 30.7 Å². The van der Waals surface area contributed by atoms with E-state index in [1.165, 1.54) is 24.3 Å². The van der Waals surface area contributed by atoms with Crippen LogP contribution in [-0.4, -0.2) is 29.4 Å². The molecule has 0 aromatic heterocycles. The van der Waals surface area contributed by atoms with Crippen molar-refractivity contribution in [1.29, 1.82) is 0 Å². The molecule has 194 valence electrons. The van der Waals surface area contributed by atoms with Crippen LogP contribution in [0.5, 0.6) is 5.75 Å². The van der Waals surface area contributed by atoms with Crippen LogP contribution in [0.15, 0.2) is 66.7 Å². The molecule has 3 aromatic carbocycles. The van der Waals surface area contributed by atoms with Gasteiger partial charge in [0.25, 0.3) is 5.91 Å². The highest BCUT2D eigenvalue weighted by molar-refractivity contribution is 5.80. The van der Waals surface area contributed by atoms with Gasteiger partial charge in [-0.2, -0.15) is 0 Å². The third-order valence-electron chi connectivity index (χ3n) is 6.48. The molecule has 2 amide bonds.